The molecule has 2 N–H and O–H groups in total. The van der Waals surface area contributed by atoms with Gasteiger partial charge in [-0.05, 0) is 26.7 Å². The second-order valence-corrected chi connectivity index (χ2v) is 5.29. The summed E-state index contributed by atoms with van der Waals surface area (Å²) in [6.45, 7) is 4.19. The third-order valence-corrected chi connectivity index (χ3v) is 3.97. The smallest absolute Gasteiger partial charge is 0.0744 e. The van der Waals surface area contributed by atoms with Gasteiger partial charge in [-0.25, -0.2) is 0 Å². The molecule has 2 unspecified atom stereocenters. The van der Waals surface area contributed by atoms with E-state index in [0.717, 1.165) is 0 Å². The molecule has 1 rings (SSSR count). The van der Waals surface area contributed by atoms with Crippen LogP contribution < -0.4 is 5.32 Å². The molecule has 0 radical (unpaired) electrons. The van der Waals surface area contributed by atoms with Crippen LogP contribution in [0.4, 0.5) is 0 Å². The van der Waals surface area contributed by atoms with Crippen molar-refractivity contribution in [3.8, 4) is 0 Å². The Labute approximate surface area is 99.6 Å². The summed E-state index contributed by atoms with van der Waals surface area (Å²) in [4.78, 5) is 0. The Morgan fingerprint density at radius 3 is 2.31 bits per heavy atom. The first kappa shape index (κ1) is 13.9. The molecule has 16 heavy (non-hydrogen) atoms. The average Bonchev–Trinajstić information content (AvgIpc) is 2.56. The topological polar surface area (TPSA) is 41.5 Å². The molecule has 0 aromatic rings. The number of ether oxygens (including phenoxy) is 1. The summed E-state index contributed by atoms with van der Waals surface area (Å²) in [7, 11) is 1.70. The maximum atomic E-state index is 9.55. The van der Waals surface area contributed by atoms with Crippen LogP contribution in [0.3, 0.4) is 0 Å². The minimum absolute atomic E-state index is 0.0285. The molecule has 0 bridgehead atoms. The standard InChI is InChI=1S/C13H27NO2/c1-11(16-3)13(2,10-15)14-12-8-6-4-5-7-9-12/h11-12,14-15H,4-10H2,1-3H3. The second kappa shape index (κ2) is 6.58. The van der Waals surface area contributed by atoms with Crippen LogP contribution >= 0.6 is 0 Å². The number of hydrogen-bond acceptors (Lipinski definition) is 3. The van der Waals surface area contributed by atoms with E-state index in [9.17, 15) is 5.11 Å². The van der Waals surface area contributed by atoms with E-state index in [1.165, 1.54) is 38.5 Å². The predicted molar refractivity (Wildman–Crippen MR) is 66.6 cm³/mol. The Hall–Kier alpha value is -0.120. The minimum Gasteiger partial charge on any atom is -0.394 e. The molecular formula is C13H27NO2. The molecule has 0 aromatic heterocycles. The molecule has 0 aliphatic heterocycles. The first-order chi connectivity index (χ1) is 7.62. The molecule has 96 valence electrons. The molecule has 1 saturated carbocycles. The van der Waals surface area contributed by atoms with E-state index in [-0.39, 0.29) is 18.2 Å². The lowest BCUT2D eigenvalue weighted by molar-refractivity contribution is 0.00117. The normalized spacial score (nSPS) is 24.8. The average molecular weight is 229 g/mol. The van der Waals surface area contributed by atoms with Gasteiger partial charge in [0.2, 0.25) is 0 Å². The van der Waals surface area contributed by atoms with Crippen molar-refractivity contribution in [2.24, 2.45) is 0 Å². The van der Waals surface area contributed by atoms with Gasteiger partial charge < -0.3 is 15.2 Å². The van der Waals surface area contributed by atoms with Crippen LogP contribution in [0.1, 0.15) is 52.4 Å². The first-order valence-electron chi connectivity index (χ1n) is 6.53. The van der Waals surface area contributed by atoms with Crippen LogP contribution in [0.5, 0.6) is 0 Å². The fraction of sp³-hybridized carbons (Fsp3) is 1.00. The molecule has 0 aromatic carbocycles. The zero-order chi connectivity index (χ0) is 12.0. The number of aliphatic hydroxyl groups is 1. The van der Waals surface area contributed by atoms with Crippen LogP contribution in [0.15, 0.2) is 0 Å². The summed E-state index contributed by atoms with van der Waals surface area (Å²) in [6, 6.07) is 0.539. The van der Waals surface area contributed by atoms with Gasteiger partial charge in [-0.15, -0.1) is 0 Å². The van der Waals surface area contributed by atoms with Gasteiger partial charge >= 0.3 is 0 Å². The number of hydrogen-bond donors (Lipinski definition) is 2. The summed E-state index contributed by atoms with van der Waals surface area (Å²) >= 11 is 0. The van der Waals surface area contributed by atoms with Crippen LogP contribution in [0, 0.1) is 0 Å². The highest BCUT2D eigenvalue weighted by atomic mass is 16.5. The van der Waals surface area contributed by atoms with Crippen molar-refractivity contribution < 1.29 is 9.84 Å². The maximum Gasteiger partial charge on any atom is 0.0744 e. The van der Waals surface area contributed by atoms with E-state index >= 15 is 0 Å². The maximum absolute atomic E-state index is 9.55. The molecule has 1 fully saturated rings. The van der Waals surface area contributed by atoms with E-state index in [2.05, 4.69) is 5.32 Å². The lowest BCUT2D eigenvalue weighted by Crippen LogP contribution is -2.58. The van der Waals surface area contributed by atoms with Gasteiger partial charge in [0.15, 0.2) is 0 Å². The van der Waals surface area contributed by atoms with Crippen molar-refractivity contribution in [3.63, 3.8) is 0 Å². The Morgan fingerprint density at radius 1 is 1.31 bits per heavy atom. The molecule has 0 saturated heterocycles. The van der Waals surface area contributed by atoms with Gasteiger partial charge in [0.25, 0.3) is 0 Å². The fourth-order valence-electron chi connectivity index (χ4n) is 2.44. The van der Waals surface area contributed by atoms with Gasteiger partial charge in [0.1, 0.15) is 0 Å². The number of methoxy groups -OCH3 is 1. The van der Waals surface area contributed by atoms with E-state index in [4.69, 9.17) is 4.74 Å². The van der Waals surface area contributed by atoms with Crippen molar-refractivity contribution in [2.75, 3.05) is 13.7 Å². The van der Waals surface area contributed by atoms with Gasteiger partial charge in [-0.3, -0.25) is 0 Å². The molecule has 2 atom stereocenters. The van der Waals surface area contributed by atoms with Crippen LogP contribution in [-0.4, -0.2) is 36.5 Å². The number of rotatable bonds is 5. The SMILES string of the molecule is COC(C)C(C)(CO)NC1CCCCCC1. The third-order valence-electron chi connectivity index (χ3n) is 3.97. The Bertz CT molecular complexity index is 190. The van der Waals surface area contributed by atoms with E-state index < -0.39 is 0 Å². The van der Waals surface area contributed by atoms with E-state index in [1.54, 1.807) is 7.11 Å². The molecule has 1 aliphatic carbocycles. The van der Waals surface area contributed by atoms with Crippen LogP contribution in [0.25, 0.3) is 0 Å². The largest absolute Gasteiger partial charge is 0.394 e. The van der Waals surface area contributed by atoms with E-state index in [0.29, 0.717) is 6.04 Å². The summed E-state index contributed by atoms with van der Waals surface area (Å²) in [5, 5.41) is 13.1. The summed E-state index contributed by atoms with van der Waals surface area (Å²) in [5.41, 5.74) is -0.316. The van der Waals surface area contributed by atoms with Gasteiger partial charge in [0.05, 0.1) is 18.2 Å². The highest BCUT2D eigenvalue weighted by Gasteiger charge is 2.32. The van der Waals surface area contributed by atoms with Crippen molar-refractivity contribution in [1.29, 1.82) is 0 Å². The number of aliphatic hydroxyl groups excluding tert-OH is 1. The van der Waals surface area contributed by atoms with Gasteiger partial charge in [-0.2, -0.15) is 0 Å². The number of nitrogens with one attached hydrogen (secondary N) is 1. The Balaban J connectivity index is 2.53. The predicted octanol–water partition coefficient (Wildman–Crippen LogP) is 2.08. The molecular weight excluding hydrogens is 202 g/mol. The van der Waals surface area contributed by atoms with Crippen molar-refractivity contribution in [2.45, 2.75) is 70.1 Å². The molecule has 0 amide bonds. The van der Waals surface area contributed by atoms with Crippen molar-refractivity contribution in [1.82, 2.24) is 5.32 Å². The van der Waals surface area contributed by atoms with Gasteiger partial charge in [-0.1, -0.05) is 25.7 Å². The lowest BCUT2D eigenvalue weighted by Gasteiger charge is -2.37. The van der Waals surface area contributed by atoms with Gasteiger partial charge in [0, 0.05) is 13.2 Å². The summed E-state index contributed by atoms with van der Waals surface area (Å²) < 4.78 is 5.36. The highest BCUT2D eigenvalue weighted by Crippen LogP contribution is 2.21. The minimum atomic E-state index is -0.316. The highest BCUT2D eigenvalue weighted by molar-refractivity contribution is 4.92. The van der Waals surface area contributed by atoms with Crippen LogP contribution in [0.2, 0.25) is 0 Å². The van der Waals surface area contributed by atoms with Crippen molar-refractivity contribution in [3.05, 3.63) is 0 Å². The summed E-state index contributed by atoms with van der Waals surface area (Å²) in [5.74, 6) is 0. The summed E-state index contributed by atoms with van der Waals surface area (Å²) in [6.07, 6.45) is 7.81. The lowest BCUT2D eigenvalue weighted by atomic mass is 9.94. The molecule has 0 heterocycles. The molecule has 3 heteroatoms. The monoisotopic (exact) mass is 229 g/mol. The Morgan fingerprint density at radius 2 is 1.88 bits per heavy atom. The first-order valence-corrected chi connectivity index (χ1v) is 6.53. The Kier molecular flexibility index (Phi) is 5.73. The molecule has 1 aliphatic rings. The van der Waals surface area contributed by atoms with E-state index in [1.807, 2.05) is 13.8 Å². The zero-order valence-corrected chi connectivity index (χ0v) is 11.0. The van der Waals surface area contributed by atoms with Crippen LogP contribution in [-0.2, 0) is 4.74 Å². The fourth-order valence-corrected chi connectivity index (χ4v) is 2.44. The molecule has 0 spiro atoms. The molecule has 3 nitrogen and oxygen atoms in total. The quantitative estimate of drug-likeness (QED) is 0.709. The second-order valence-electron chi connectivity index (χ2n) is 5.29. The van der Waals surface area contributed by atoms with Crippen molar-refractivity contribution >= 4 is 0 Å². The third kappa shape index (κ3) is 3.72. The zero-order valence-electron chi connectivity index (χ0n) is 11.0.